The molecule has 2 aromatic heterocycles. The predicted molar refractivity (Wildman–Crippen MR) is 88.6 cm³/mol. The number of thiophene rings is 1. The first kappa shape index (κ1) is 15.0. The Morgan fingerprint density at radius 3 is 2.95 bits per heavy atom. The maximum absolute atomic E-state index is 6.06. The highest BCUT2D eigenvalue weighted by Gasteiger charge is 2.21. The van der Waals surface area contributed by atoms with Crippen LogP contribution >= 0.6 is 22.9 Å². The van der Waals surface area contributed by atoms with Gasteiger partial charge < -0.3 is 9.64 Å². The molecule has 2 heterocycles. The van der Waals surface area contributed by atoms with Crippen LogP contribution in [0.4, 0.5) is 5.82 Å². The number of aryl methyl sites for hydroxylation is 1. The molecule has 0 atom stereocenters. The van der Waals surface area contributed by atoms with Crippen LogP contribution < -0.4 is 4.90 Å². The average Bonchev–Trinajstić information content (AvgIpc) is 3.20. The molecule has 0 unspecified atom stereocenters. The first-order valence-electron chi connectivity index (χ1n) is 7.42. The molecule has 6 heteroatoms. The number of aromatic nitrogens is 2. The fourth-order valence-electron chi connectivity index (χ4n) is 2.24. The number of anilines is 1. The Balaban J connectivity index is 1.72. The van der Waals surface area contributed by atoms with Gasteiger partial charge in [-0.25, -0.2) is 4.98 Å². The summed E-state index contributed by atoms with van der Waals surface area (Å²) >= 11 is 7.75. The van der Waals surface area contributed by atoms with Gasteiger partial charge in [0.25, 0.3) is 0 Å². The molecule has 21 heavy (non-hydrogen) atoms. The summed E-state index contributed by atoms with van der Waals surface area (Å²) in [4.78, 5) is 13.1. The molecule has 0 aliphatic heterocycles. The van der Waals surface area contributed by atoms with E-state index in [0.717, 1.165) is 48.1 Å². The van der Waals surface area contributed by atoms with Crippen molar-refractivity contribution in [1.29, 1.82) is 0 Å². The predicted octanol–water partition coefficient (Wildman–Crippen LogP) is 3.77. The maximum atomic E-state index is 6.06. The quantitative estimate of drug-likeness (QED) is 0.573. The lowest BCUT2D eigenvalue weighted by Gasteiger charge is -2.19. The third-order valence-electron chi connectivity index (χ3n) is 3.73. The molecule has 0 saturated heterocycles. The summed E-state index contributed by atoms with van der Waals surface area (Å²) < 4.78 is 5.70. The van der Waals surface area contributed by atoms with Gasteiger partial charge in [-0.1, -0.05) is 6.92 Å². The Hall–Kier alpha value is -0.910. The molecule has 0 radical (unpaired) electrons. The summed E-state index contributed by atoms with van der Waals surface area (Å²) in [6.07, 6.45) is 3.66. The van der Waals surface area contributed by atoms with Gasteiger partial charge >= 0.3 is 0 Å². The molecule has 1 saturated carbocycles. The molecule has 1 aliphatic carbocycles. The van der Waals surface area contributed by atoms with E-state index in [1.54, 1.807) is 11.3 Å². The molecular weight excluding hydrogens is 306 g/mol. The fraction of sp³-hybridized carbons (Fsp3) is 0.600. The molecular formula is C15H20ClN3OS. The van der Waals surface area contributed by atoms with Crippen LogP contribution in [0.25, 0.3) is 10.2 Å². The number of nitrogens with zero attached hydrogens (tertiary/aromatic N) is 3. The number of ether oxygens (including phenoxy) is 1. The topological polar surface area (TPSA) is 38.2 Å². The summed E-state index contributed by atoms with van der Waals surface area (Å²) in [6, 6.07) is 2.17. The summed E-state index contributed by atoms with van der Waals surface area (Å²) in [5, 5.41) is 1.40. The van der Waals surface area contributed by atoms with Crippen molar-refractivity contribution < 1.29 is 4.74 Å². The van der Waals surface area contributed by atoms with Gasteiger partial charge in [-0.3, -0.25) is 0 Å². The van der Waals surface area contributed by atoms with Crippen LogP contribution in [0.2, 0.25) is 5.28 Å². The molecule has 0 aromatic carbocycles. The Bertz CT molecular complexity index is 627. The summed E-state index contributed by atoms with van der Waals surface area (Å²) in [7, 11) is 2.03. The van der Waals surface area contributed by atoms with E-state index in [1.807, 2.05) is 7.05 Å². The number of hydrogen-bond donors (Lipinski definition) is 0. The largest absolute Gasteiger partial charge is 0.379 e. The number of halogens is 1. The first-order chi connectivity index (χ1) is 10.2. The lowest BCUT2D eigenvalue weighted by molar-refractivity contribution is 0.131. The Morgan fingerprint density at radius 2 is 2.24 bits per heavy atom. The second-order valence-corrected chi connectivity index (χ2v) is 6.99. The SMILES string of the molecule is CCc1cc2c(N(C)CCOCC3CC3)nc(Cl)nc2s1. The summed E-state index contributed by atoms with van der Waals surface area (Å²) in [6.45, 7) is 4.58. The smallest absolute Gasteiger partial charge is 0.225 e. The summed E-state index contributed by atoms with van der Waals surface area (Å²) in [5.41, 5.74) is 0. The Labute approximate surface area is 134 Å². The Kier molecular flexibility index (Phi) is 4.62. The van der Waals surface area contributed by atoms with E-state index in [4.69, 9.17) is 16.3 Å². The minimum absolute atomic E-state index is 0.313. The van der Waals surface area contributed by atoms with Crippen molar-refractivity contribution >= 4 is 39.0 Å². The van der Waals surface area contributed by atoms with Gasteiger partial charge in [0.05, 0.1) is 12.0 Å². The van der Waals surface area contributed by atoms with Crippen molar-refractivity contribution in [3.05, 3.63) is 16.2 Å². The van der Waals surface area contributed by atoms with Crippen LogP contribution in [0.15, 0.2) is 6.07 Å². The van der Waals surface area contributed by atoms with Crippen molar-refractivity contribution in [2.45, 2.75) is 26.2 Å². The molecule has 0 spiro atoms. The second kappa shape index (κ2) is 6.46. The molecule has 0 amide bonds. The number of hydrogen-bond acceptors (Lipinski definition) is 5. The van der Waals surface area contributed by atoms with Crippen LogP contribution in [0, 0.1) is 5.92 Å². The van der Waals surface area contributed by atoms with Gasteiger partial charge in [0.1, 0.15) is 10.6 Å². The van der Waals surface area contributed by atoms with Gasteiger partial charge in [0.2, 0.25) is 5.28 Å². The van der Waals surface area contributed by atoms with Crippen molar-refractivity contribution in [1.82, 2.24) is 9.97 Å². The van der Waals surface area contributed by atoms with Gasteiger partial charge in [0.15, 0.2) is 0 Å². The van der Waals surface area contributed by atoms with Crippen LogP contribution in [0.5, 0.6) is 0 Å². The van der Waals surface area contributed by atoms with Gasteiger partial charge in [-0.15, -0.1) is 11.3 Å². The van der Waals surface area contributed by atoms with E-state index in [9.17, 15) is 0 Å². The zero-order valence-electron chi connectivity index (χ0n) is 12.4. The average molecular weight is 326 g/mol. The lowest BCUT2D eigenvalue weighted by Crippen LogP contribution is -2.24. The molecule has 0 bridgehead atoms. The third-order valence-corrected chi connectivity index (χ3v) is 5.07. The van der Waals surface area contributed by atoms with E-state index in [0.29, 0.717) is 5.28 Å². The third kappa shape index (κ3) is 3.65. The standard InChI is InChI=1S/C15H20ClN3OS/c1-3-11-8-12-13(17-15(16)18-14(12)21-11)19(2)6-7-20-9-10-4-5-10/h8,10H,3-7,9H2,1-2H3. The molecule has 3 rings (SSSR count). The van der Waals surface area contributed by atoms with E-state index in [2.05, 4.69) is 27.9 Å². The lowest BCUT2D eigenvalue weighted by atomic mass is 10.3. The van der Waals surface area contributed by atoms with Crippen LogP contribution in [-0.2, 0) is 11.2 Å². The minimum atomic E-state index is 0.313. The highest BCUT2D eigenvalue weighted by Crippen LogP contribution is 2.32. The number of likely N-dealkylation sites (N-methyl/N-ethyl adjacent to an activating group) is 1. The molecule has 4 nitrogen and oxygen atoms in total. The highest BCUT2D eigenvalue weighted by molar-refractivity contribution is 7.18. The van der Waals surface area contributed by atoms with Gasteiger partial charge in [-0.05, 0) is 42.8 Å². The zero-order valence-corrected chi connectivity index (χ0v) is 14.0. The molecule has 1 fully saturated rings. The highest BCUT2D eigenvalue weighted by atomic mass is 35.5. The van der Waals surface area contributed by atoms with E-state index >= 15 is 0 Å². The number of rotatable bonds is 7. The molecule has 1 aliphatic rings. The van der Waals surface area contributed by atoms with Crippen LogP contribution in [-0.4, -0.2) is 36.8 Å². The van der Waals surface area contributed by atoms with E-state index in [1.165, 1.54) is 17.7 Å². The Morgan fingerprint density at radius 1 is 1.43 bits per heavy atom. The van der Waals surface area contributed by atoms with Gasteiger partial charge in [-0.2, -0.15) is 4.98 Å². The molecule has 2 aromatic rings. The maximum Gasteiger partial charge on any atom is 0.225 e. The monoisotopic (exact) mass is 325 g/mol. The van der Waals surface area contributed by atoms with Crippen molar-refractivity contribution in [3.63, 3.8) is 0 Å². The second-order valence-electron chi connectivity index (χ2n) is 5.54. The van der Waals surface area contributed by atoms with Crippen molar-refractivity contribution in [3.8, 4) is 0 Å². The molecule has 114 valence electrons. The fourth-order valence-corrected chi connectivity index (χ4v) is 3.41. The first-order valence-corrected chi connectivity index (χ1v) is 8.61. The van der Waals surface area contributed by atoms with E-state index in [-0.39, 0.29) is 0 Å². The van der Waals surface area contributed by atoms with Crippen molar-refractivity contribution in [2.24, 2.45) is 5.92 Å². The summed E-state index contributed by atoms with van der Waals surface area (Å²) in [5.74, 6) is 1.70. The van der Waals surface area contributed by atoms with E-state index < -0.39 is 0 Å². The van der Waals surface area contributed by atoms with Crippen LogP contribution in [0.3, 0.4) is 0 Å². The minimum Gasteiger partial charge on any atom is -0.379 e. The normalized spacial score (nSPS) is 14.8. The molecule has 0 N–H and O–H groups in total. The van der Waals surface area contributed by atoms with Gasteiger partial charge in [0, 0.05) is 25.1 Å². The number of fused-ring (bicyclic) bond motifs is 1. The zero-order chi connectivity index (χ0) is 14.8. The van der Waals surface area contributed by atoms with Crippen molar-refractivity contribution in [2.75, 3.05) is 31.7 Å². The van der Waals surface area contributed by atoms with Crippen LogP contribution in [0.1, 0.15) is 24.6 Å².